The number of benzene rings is 2. The van der Waals surface area contributed by atoms with Crippen LogP contribution in [0.25, 0.3) is 0 Å². The van der Waals surface area contributed by atoms with E-state index in [2.05, 4.69) is 0 Å². The minimum Gasteiger partial charge on any atom is -0.550 e. The Balaban J connectivity index is -0.000000256. The van der Waals surface area contributed by atoms with Gasteiger partial charge in [-0.25, -0.2) is 0 Å². The van der Waals surface area contributed by atoms with Crippen LogP contribution in [0.4, 0.5) is 0 Å². The topological polar surface area (TPSA) is 241 Å². The van der Waals surface area contributed by atoms with E-state index in [1.54, 1.807) is 0 Å². The van der Waals surface area contributed by atoms with Crippen LogP contribution in [0.1, 0.15) is 22.3 Å². The van der Waals surface area contributed by atoms with Crippen LogP contribution < -0.4 is 95.9 Å². The van der Waals surface area contributed by atoms with Crippen molar-refractivity contribution in [3.05, 3.63) is 46.5 Å². The summed E-state index contributed by atoms with van der Waals surface area (Å²) in [7, 11) is 0. The second kappa shape index (κ2) is 19.1. The number of rotatable bonds is 8. The van der Waals surface area contributed by atoms with Crippen molar-refractivity contribution >= 4 is 23.9 Å². The molecule has 0 heterocycles. The van der Waals surface area contributed by atoms with E-state index < -0.39 is 72.6 Å². The largest absolute Gasteiger partial charge is 1.00 e. The Labute approximate surface area is 253 Å². The summed E-state index contributed by atoms with van der Waals surface area (Å²) in [5.41, 5.74) is -0.168. The van der Waals surface area contributed by atoms with Crippen molar-refractivity contribution in [2.75, 3.05) is 0 Å². The quantitative estimate of drug-likeness (QED) is 0.205. The maximum absolute atomic E-state index is 10.3. The van der Waals surface area contributed by atoms with E-state index in [0.717, 1.165) is 24.3 Å². The molecule has 0 aliphatic carbocycles. The van der Waals surface area contributed by atoms with Crippen molar-refractivity contribution in [3.8, 4) is 23.0 Å². The first-order valence-electron chi connectivity index (χ1n) is 8.67. The second-order valence-corrected chi connectivity index (χ2v) is 6.41. The number of aliphatic carboxylic acids is 4. The number of phenolic OH excluding ortho intramolecular Hbond substituents is 4. The molecular weight excluding hydrogens is 460 g/mol. The van der Waals surface area contributed by atoms with Crippen molar-refractivity contribution < 1.29 is 135 Å². The van der Waals surface area contributed by atoms with Gasteiger partial charge < -0.3 is 60.0 Å². The predicted octanol–water partition coefficient (Wildman–Crippen LogP) is -16.6. The van der Waals surface area contributed by atoms with Crippen molar-refractivity contribution in [3.63, 3.8) is 0 Å². The normalized spacial score (nSPS) is 8.89. The summed E-state index contributed by atoms with van der Waals surface area (Å²) in [6, 6.07) is 3.96. The number of carbonyl (C=O) groups is 4. The van der Waals surface area contributed by atoms with E-state index in [1.807, 2.05) is 0 Å². The Morgan fingerprint density at radius 3 is 0.694 bits per heavy atom. The minimum atomic E-state index is -1.41. The number of carboxylic acids is 4. The third kappa shape index (κ3) is 14.5. The SMILES string of the molecule is O=C([O-])Cc1cc(O)c(CC(=O)[O-])cc1O.O=C([O-])Cc1cc(O)c(CC(=O)[O-])cc1O.[Li+].[Li+].[Li+].[Li+]. The average molecular weight is 476 g/mol. The zero-order valence-electron chi connectivity index (χ0n) is 20.2. The molecule has 0 saturated heterocycles. The monoisotopic (exact) mass is 476 g/mol. The van der Waals surface area contributed by atoms with Crippen LogP contribution in [0.2, 0.25) is 0 Å². The van der Waals surface area contributed by atoms with E-state index in [0.29, 0.717) is 0 Å². The van der Waals surface area contributed by atoms with Crippen molar-refractivity contribution in [2.45, 2.75) is 25.7 Å². The van der Waals surface area contributed by atoms with Crippen LogP contribution in [0, 0.1) is 0 Å². The van der Waals surface area contributed by atoms with Crippen molar-refractivity contribution in [1.82, 2.24) is 0 Å². The molecule has 0 bridgehead atoms. The molecule has 0 fully saturated rings. The molecule has 2 aromatic carbocycles. The zero-order valence-corrected chi connectivity index (χ0v) is 20.2. The molecule has 2 aromatic rings. The van der Waals surface area contributed by atoms with E-state index in [9.17, 15) is 60.0 Å². The Bertz CT molecular complexity index is 892. The first-order valence-corrected chi connectivity index (χ1v) is 8.67. The van der Waals surface area contributed by atoms with Crippen LogP contribution in [0.15, 0.2) is 24.3 Å². The standard InChI is InChI=1S/2C10H10O6.4Li/c2*11-7-1-5(3-9(13)14)8(12)2-6(7)4-10(15)16;;;;/h2*1-2,11-12H,3-4H2,(H,13,14)(H,15,16);;;;/q;;4*+1/p-4. The first kappa shape index (κ1) is 41.1. The van der Waals surface area contributed by atoms with Gasteiger partial charge in [-0.1, -0.05) is 0 Å². The van der Waals surface area contributed by atoms with Gasteiger partial charge in [0.1, 0.15) is 23.0 Å². The van der Waals surface area contributed by atoms with E-state index in [4.69, 9.17) is 0 Å². The average Bonchev–Trinajstić information content (AvgIpc) is 2.62. The summed E-state index contributed by atoms with van der Waals surface area (Å²) in [6.45, 7) is 0. The number of carbonyl (C=O) groups excluding carboxylic acids is 4. The van der Waals surface area contributed by atoms with Crippen LogP contribution in [0.3, 0.4) is 0 Å². The molecule has 16 heteroatoms. The number of hydrogen-bond acceptors (Lipinski definition) is 12. The Hall–Kier alpha value is -2.09. The van der Waals surface area contributed by atoms with Crippen molar-refractivity contribution in [2.24, 2.45) is 0 Å². The number of hydrogen-bond donors (Lipinski definition) is 4. The van der Waals surface area contributed by atoms with Gasteiger partial charge in [0.15, 0.2) is 0 Å². The van der Waals surface area contributed by atoms with Gasteiger partial charge in [0, 0.05) is 71.8 Å². The Morgan fingerprint density at radius 1 is 0.444 bits per heavy atom. The fraction of sp³-hybridized carbons (Fsp3) is 0.200. The number of carboxylic acid groups (broad SMARTS) is 4. The summed E-state index contributed by atoms with van der Waals surface area (Å²) in [5.74, 6) is -7.28. The summed E-state index contributed by atoms with van der Waals surface area (Å²) in [5, 5.41) is 78.6. The smallest absolute Gasteiger partial charge is 0.550 e. The molecule has 0 radical (unpaired) electrons. The van der Waals surface area contributed by atoms with E-state index in [-0.39, 0.29) is 97.7 Å². The molecule has 0 amide bonds. The molecule has 0 atom stereocenters. The number of aromatic hydroxyl groups is 4. The molecule has 4 N–H and O–H groups in total. The van der Waals surface area contributed by atoms with Gasteiger partial charge in [0.2, 0.25) is 0 Å². The molecule has 172 valence electrons. The van der Waals surface area contributed by atoms with Crippen molar-refractivity contribution in [1.29, 1.82) is 0 Å². The number of phenols is 4. The maximum Gasteiger partial charge on any atom is 1.00 e. The zero-order chi connectivity index (χ0) is 24.6. The van der Waals surface area contributed by atoms with Gasteiger partial charge in [0.05, 0.1) is 0 Å². The van der Waals surface area contributed by atoms with Crippen LogP contribution in [-0.4, -0.2) is 44.3 Å². The molecule has 0 aliphatic rings. The summed E-state index contributed by atoms with van der Waals surface area (Å²) < 4.78 is 0. The van der Waals surface area contributed by atoms with Gasteiger partial charge in [-0.05, 0) is 24.3 Å². The molecule has 0 spiro atoms. The minimum absolute atomic E-state index is 0. The third-order valence-electron chi connectivity index (χ3n) is 3.90. The Kier molecular flexibility index (Phi) is 21.8. The van der Waals surface area contributed by atoms with Gasteiger partial charge in [-0.3, -0.25) is 0 Å². The van der Waals surface area contributed by atoms with Crippen LogP contribution in [-0.2, 0) is 44.9 Å². The molecule has 2 rings (SSSR count). The van der Waals surface area contributed by atoms with Gasteiger partial charge in [-0.2, -0.15) is 0 Å². The fourth-order valence-electron chi connectivity index (χ4n) is 2.52. The van der Waals surface area contributed by atoms with Gasteiger partial charge in [0.25, 0.3) is 0 Å². The molecule has 0 saturated carbocycles. The molecule has 0 aromatic heterocycles. The molecule has 36 heavy (non-hydrogen) atoms. The first-order chi connectivity index (χ1) is 14.8. The van der Waals surface area contributed by atoms with Crippen LogP contribution >= 0.6 is 0 Å². The molecule has 12 nitrogen and oxygen atoms in total. The van der Waals surface area contributed by atoms with Gasteiger partial charge in [-0.15, -0.1) is 0 Å². The second-order valence-electron chi connectivity index (χ2n) is 6.41. The summed E-state index contributed by atoms with van der Waals surface area (Å²) in [4.78, 5) is 41.1. The Morgan fingerprint density at radius 2 is 0.583 bits per heavy atom. The maximum atomic E-state index is 10.3. The summed E-state index contributed by atoms with van der Waals surface area (Å²) in [6.07, 6.45) is -2.26. The van der Waals surface area contributed by atoms with E-state index in [1.165, 1.54) is 0 Å². The molecular formula is C20H16Li4O12. The van der Waals surface area contributed by atoms with E-state index >= 15 is 0 Å². The fourth-order valence-corrected chi connectivity index (χ4v) is 2.52. The molecule has 0 aliphatic heterocycles. The predicted molar refractivity (Wildman–Crippen MR) is 94.4 cm³/mol. The summed E-state index contributed by atoms with van der Waals surface area (Å²) >= 11 is 0. The molecule has 0 unspecified atom stereocenters. The van der Waals surface area contributed by atoms with Gasteiger partial charge >= 0.3 is 75.4 Å². The van der Waals surface area contributed by atoms with Crippen LogP contribution in [0.5, 0.6) is 23.0 Å². The third-order valence-corrected chi connectivity index (χ3v) is 3.90.